The maximum Gasteiger partial charge on any atom is 0.222 e. The highest BCUT2D eigenvalue weighted by Gasteiger charge is 2.32. The Bertz CT molecular complexity index is 896. The van der Waals surface area contributed by atoms with Gasteiger partial charge in [0, 0.05) is 29.5 Å². The van der Waals surface area contributed by atoms with E-state index in [1.54, 1.807) is 0 Å². The number of nitrogens with zero attached hydrogens (tertiary/aromatic N) is 4. The highest BCUT2D eigenvalue weighted by Crippen LogP contribution is 2.25. The van der Waals surface area contributed by atoms with Crippen LogP contribution in [0.2, 0.25) is 5.02 Å². The largest absolute Gasteiger partial charge is 0.378 e. The summed E-state index contributed by atoms with van der Waals surface area (Å²) >= 11 is 6.02. The van der Waals surface area contributed by atoms with Crippen molar-refractivity contribution in [2.75, 3.05) is 36.5 Å². The van der Waals surface area contributed by atoms with E-state index in [0.717, 1.165) is 36.0 Å². The molecule has 0 amide bonds. The highest BCUT2D eigenvalue weighted by molar-refractivity contribution is 6.30. The molecule has 29 heavy (non-hydrogen) atoms. The summed E-state index contributed by atoms with van der Waals surface area (Å²) in [5.74, 6) is 1.02. The quantitative estimate of drug-likeness (QED) is 0.774. The molecule has 2 aliphatic rings. The first-order chi connectivity index (χ1) is 13.6. The maximum absolute atomic E-state index is 6.09. The third-order valence-electron chi connectivity index (χ3n) is 4.64. The van der Waals surface area contributed by atoms with Crippen molar-refractivity contribution in [3.8, 4) is 0 Å². The summed E-state index contributed by atoms with van der Waals surface area (Å²) in [6, 6.07) is 15.8. The van der Waals surface area contributed by atoms with Gasteiger partial charge < -0.3 is 20.7 Å². The Kier molecular flexibility index (Phi) is 6.84. The van der Waals surface area contributed by atoms with Gasteiger partial charge in [-0.15, -0.1) is 12.4 Å². The van der Waals surface area contributed by atoms with E-state index in [2.05, 4.69) is 50.2 Å². The number of aliphatic imine (C=N–C) groups is 2. The van der Waals surface area contributed by atoms with Crippen molar-refractivity contribution in [3.63, 3.8) is 0 Å². The Labute approximate surface area is 181 Å². The number of anilines is 2. The van der Waals surface area contributed by atoms with Crippen molar-refractivity contribution in [2.45, 2.75) is 13.2 Å². The van der Waals surface area contributed by atoms with Crippen LogP contribution in [0.25, 0.3) is 0 Å². The number of benzene rings is 2. The fourth-order valence-corrected chi connectivity index (χ4v) is 3.42. The standard InChI is InChI=1S/C20H23ClN6O.ClH/c1-14-3-2-4-17(13-14)27-19(23-16-7-5-15(21)6-8-16)24-18(22)25-20(27)26-9-11-28-12-10-26;/h2-8,13,19,23H,9-12H2,1H3,(H2,22,24);1H. The summed E-state index contributed by atoms with van der Waals surface area (Å²) in [5.41, 5.74) is 9.13. The summed E-state index contributed by atoms with van der Waals surface area (Å²) in [5, 5.41) is 4.12. The van der Waals surface area contributed by atoms with Gasteiger partial charge in [-0.25, -0.2) is 4.99 Å². The zero-order valence-corrected chi connectivity index (χ0v) is 17.7. The topological polar surface area (TPSA) is 78.5 Å². The minimum atomic E-state index is -0.432. The molecule has 0 spiro atoms. The second kappa shape index (κ2) is 9.35. The first-order valence-electron chi connectivity index (χ1n) is 9.23. The number of ether oxygens (including phenoxy) is 1. The zero-order valence-electron chi connectivity index (χ0n) is 16.1. The number of morpholine rings is 1. The average Bonchev–Trinajstić information content (AvgIpc) is 2.70. The number of nitrogens with two attached hydrogens (primary N) is 1. The minimum absolute atomic E-state index is 0. The van der Waals surface area contributed by atoms with Crippen molar-refractivity contribution >= 4 is 47.3 Å². The molecule has 1 saturated heterocycles. The summed E-state index contributed by atoms with van der Waals surface area (Å²) in [4.78, 5) is 13.4. The molecular formula is C20H24Cl2N6O. The van der Waals surface area contributed by atoms with Gasteiger partial charge in [0.15, 0.2) is 0 Å². The fourth-order valence-electron chi connectivity index (χ4n) is 3.29. The molecule has 1 fully saturated rings. The summed E-state index contributed by atoms with van der Waals surface area (Å²) in [6.45, 7) is 4.89. The van der Waals surface area contributed by atoms with Gasteiger partial charge in [0.05, 0.1) is 13.2 Å². The third-order valence-corrected chi connectivity index (χ3v) is 4.89. The molecule has 0 aromatic heterocycles. The Balaban J connectivity index is 0.00000240. The van der Waals surface area contributed by atoms with Crippen LogP contribution in [0.15, 0.2) is 58.5 Å². The van der Waals surface area contributed by atoms with E-state index in [1.165, 1.54) is 0 Å². The zero-order chi connectivity index (χ0) is 19.5. The number of halogens is 2. The normalized spacial score (nSPS) is 19.2. The van der Waals surface area contributed by atoms with Gasteiger partial charge in [0.1, 0.15) is 0 Å². The number of rotatable bonds is 3. The lowest BCUT2D eigenvalue weighted by molar-refractivity contribution is 0.0671. The second-order valence-corrected chi connectivity index (χ2v) is 7.17. The average molecular weight is 435 g/mol. The smallest absolute Gasteiger partial charge is 0.222 e. The first-order valence-corrected chi connectivity index (χ1v) is 9.60. The molecule has 2 heterocycles. The summed E-state index contributed by atoms with van der Waals surface area (Å²) in [7, 11) is 0. The molecule has 2 aromatic rings. The fraction of sp³-hybridized carbons (Fsp3) is 0.300. The van der Waals surface area contributed by atoms with Crippen molar-refractivity contribution in [1.82, 2.24) is 4.90 Å². The molecule has 7 nitrogen and oxygen atoms in total. The lowest BCUT2D eigenvalue weighted by Gasteiger charge is -2.41. The van der Waals surface area contributed by atoms with Gasteiger partial charge in [-0.05, 0) is 48.9 Å². The van der Waals surface area contributed by atoms with E-state index in [4.69, 9.17) is 22.1 Å². The van der Waals surface area contributed by atoms with Gasteiger partial charge >= 0.3 is 0 Å². The molecule has 9 heteroatoms. The Hall–Kier alpha value is -2.48. The van der Waals surface area contributed by atoms with Crippen molar-refractivity contribution in [2.24, 2.45) is 15.7 Å². The van der Waals surface area contributed by atoms with E-state index in [-0.39, 0.29) is 18.4 Å². The monoisotopic (exact) mass is 434 g/mol. The van der Waals surface area contributed by atoms with Crippen LogP contribution >= 0.6 is 24.0 Å². The molecule has 0 bridgehead atoms. The lowest BCUT2D eigenvalue weighted by Crippen LogP contribution is -2.57. The van der Waals surface area contributed by atoms with Crippen LogP contribution in [0.4, 0.5) is 11.4 Å². The van der Waals surface area contributed by atoms with Crippen LogP contribution in [0, 0.1) is 6.92 Å². The molecule has 3 N–H and O–H groups in total. The van der Waals surface area contributed by atoms with Gasteiger partial charge in [0.2, 0.25) is 18.2 Å². The van der Waals surface area contributed by atoms with Crippen molar-refractivity contribution in [3.05, 3.63) is 59.1 Å². The number of hydrogen-bond acceptors (Lipinski definition) is 7. The van der Waals surface area contributed by atoms with Crippen LogP contribution in [0.3, 0.4) is 0 Å². The van der Waals surface area contributed by atoms with E-state index >= 15 is 0 Å². The van der Waals surface area contributed by atoms with Gasteiger partial charge in [-0.1, -0.05) is 23.7 Å². The molecule has 2 aliphatic heterocycles. The summed E-state index contributed by atoms with van der Waals surface area (Å²) < 4.78 is 5.51. The molecule has 0 radical (unpaired) electrons. The Morgan fingerprint density at radius 2 is 1.86 bits per heavy atom. The predicted molar refractivity (Wildman–Crippen MR) is 121 cm³/mol. The van der Waals surface area contributed by atoms with Crippen LogP contribution in [-0.2, 0) is 4.74 Å². The van der Waals surface area contributed by atoms with E-state index < -0.39 is 6.29 Å². The molecule has 0 aliphatic carbocycles. The van der Waals surface area contributed by atoms with Crippen LogP contribution in [0.5, 0.6) is 0 Å². The van der Waals surface area contributed by atoms with E-state index in [1.807, 2.05) is 30.3 Å². The molecule has 154 valence electrons. The van der Waals surface area contributed by atoms with Crippen LogP contribution in [0.1, 0.15) is 5.56 Å². The molecular weight excluding hydrogens is 411 g/mol. The number of nitrogens with one attached hydrogen (secondary N) is 1. The van der Waals surface area contributed by atoms with Crippen molar-refractivity contribution in [1.29, 1.82) is 0 Å². The Morgan fingerprint density at radius 1 is 1.14 bits per heavy atom. The maximum atomic E-state index is 6.09. The highest BCUT2D eigenvalue weighted by atomic mass is 35.5. The van der Waals surface area contributed by atoms with E-state index in [0.29, 0.717) is 18.2 Å². The van der Waals surface area contributed by atoms with Crippen LogP contribution < -0.4 is 16.0 Å². The second-order valence-electron chi connectivity index (χ2n) is 6.73. The van der Waals surface area contributed by atoms with Gasteiger partial charge in [-0.3, -0.25) is 4.90 Å². The molecule has 0 saturated carbocycles. The van der Waals surface area contributed by atoms with Crippen LogP contribution in [-0.4, -0.2) is 49.4 Å². The third kappa shape index (κ3) is 4.93. The number of hydrogen-bond donors (Lipinski definition) is 2. The number of guanidine groups is 2. The lowest BCUT2D eigenvalue weighted by atomic mass is 10.2. The van der Waals surface area contributed by atoms with Gasteiger partial charge in [-0.2, -0.15) is 4.99 Å². The molecule has 2 aromatic carbocycles. The molecule has 1 unspecified atom stereocenters. The van der Waals surface area contributed by atoms with E-state index in [9.17, 15) is 0 Å². The molecule has 4 rings (SSSR count). The number of aryl methyl sites for hydroxylation is 1. The SMILES string of the molecule is Cc1cccc(N2C(N3CCOCC3)=NC(N)=NC2Nc2ccc(Cl)cc2)c1.Cl. The summed E-state index contributed by atoms with van der Waals surface area (Å²) in [6.07, 6.45) is -0.432. The van der Waals surface area contributed by atoms with Crippen molar-refractivity contribution < 1.29 is 4.74 Å². The minimum Gasteiger partial charge on any atom is -0.378 e. The Morgan fingerprint density at radius 3 is 2.55 bits per heavy atom. The first kappa shape index (κ1) is 21.2. The predicted octanol–water partition coefficient (Wildman–Crippen LogP) is 3.29. The molecule has 1 atom stereocenters. The van der Waals surface area contributed by atoms with Gasteiger partial charge in [0.25, 0.3) is 0 Å².